The maximum atomic E-state index is 13.1. The first-order valence-electron chi connectivity index (χ1n) is 9.81. The Bertz CT molecular complexity index is 1170. The number of halogens is 1. The van der Waals surface area contributed by atoms with Gasteiger partial charge in [0.25, 0.3) is 5.91 Å². The van der Waals surface area contributed by atoms with Gasteiger partial charge in [0.1, 0.15) is 11.4 Å². The van der Waals surface area contributed by atoms with Crippen LogP contribution in [0.15, 0.2) is 57.7 Å². The second-order valence-electron chi connectivity index (χ2n) is 7.55. The molecule has 1 fully saturated rings. The zero-order chi connectivity index (χ0) is 21.3. The van der Waals surface area contributed by atoms with Crippen LogP contribution in [-0.2, 0) is 4.79 Å². The van der Waals surface area contributed by atoms with Crippen molar-refractivity contribution in [2.24, 2.45) is 5.92 Å². The topological polar surface area (TPSA) is 79.6 Å². The molecule has 3 aromatic rings. The van der Waals surface area contributed by atoms with E-state index >= 15 is 0 Å². The van der Waals surface area contributed by atoms with Crippen LogP contribution in [0.5, 0.6) is 0 Å². The van der Waals surface area contributed by atoms with Crippen LogP contribution < -0.4 is 10.9 Å². The molecule has 30 heavy (non-hydrogen) atoms. The van der Waals surface area contributed by atoms with E-state index in [1.165, 1.54) is 30.3 Å². The van der Waals surface area contributed by atoms with Gasteiger partial charge in [0, 0.05) is 41.9 Å². The Balaban J connectivity index is 1.47. The molecule has 4 rings (SSSR count). The molecular weight excluding hydrogens is 387 g/mol. The molecule has 154 valence electrons. The number of hydrogen-bond acceptors (Lipinski definition) is 4. The number of amides is 2. The number of benzene rings is 2. The van der Waals surface area contributed by atoms with Crippen LogP contribution in [0.4, 0.5) is 10.1 Å². The number of carbonyl (C=O) groups excluding carboxylic acids is 2. The molecule has 0 spiro atoms. The summed E-state index contributed by atoms with van der Waals surface area (Å²) < 4.78 is 18.3. The highest BCUT2D eigenvalue weighted by molar-refractivity contribution is 5.97. The van der Waals surface area contributed by atoms with Crippen LogP contribution >= 0.6 is 0 Å². The van der Waals surface area contributed by atoms with E-state index < -0.39 is 11.4 Å². The minimum atomic E-state index is -0.439. The Morgan fingerprint density at radius 1 is 1.13 bits per heavy atom. The molecule has 0 radical (unpaired) electrons. The summed E-state index contributed by atoms with van der Waals surface area (Å²) in [5.74, 6) is -1.16. The standard InChI is InChI=1S/C23H21FN2O4/c1-14-11-21(27)30-20-12-18(8-9-19(14)20)25-22(28)16-3-2-10-26(13-16)23(29)15-4-6-17(24)7-5-15/h4-9,11-12,16H,2-3,10,13H2,1H3,(H,25,28)/t16-/m1/s1. The number of likely N-dealkylation sites (tertiary alicyclic amines) is 1. The number of nitrogens with zero attached hydrogens (tertiary/aromatic N) is 1. The van der Waals surface area contributed by atoms with E-state index in [4.69, 9.17) is 4.42 Å². The third kappa shape index (κ3) is 4.10. The average molecular weight is 408 g/mol. The summed E-state index contributed by atoms with van der Waals surface area (Å²) in [5.41, 5.74) is 1.71. The van der Waals surface area contributed by atoms with E-state index in [1.807, 2.05) is 6.92 Å². The van der Waals surface area contributed by atoms with Crippen molar-refractivity contribution < 1.29 is 18.4 Å². The zero-order valence-corrected chi connectivity index (χ0v) is 16.5. The summed E-state index contributed by atoms with van der Waals surface area (Å²) in [6.07, 6.45) is 1.37. The Morgan fingerprint density at radius 3 is 2.67 bits per heavy atom. The van der Waals surface area contributed by atoms with Gasteiger partial charge >= 0.3 is 5.63 Å². The number of anilines is 1. The largest absolute Gasteiger partial charge is 0.423 e. The molecule has 2 heterocycles. The number of carbonyl (C=O) groups is 2. The normalized spacial score (nSPS) is 16.5. The molecule has 1 aromatic heterocycles. The fraction of sp³-hybridized carbons (Fsp3) is 0.261. The molecule has 6 nitrogen and oxygen atoms in total. The summed E-state index contributed by atoms with van der Waals surface area (Å²) in [5, 5.41) is 3.67. The Morgan fingerprint density at radius 2 is 1.90 bits per heavy atom. The fourth-order valence-electron chi connectivity index (χ4n) is 3.80. The van der Waals surface area contributed by atoms with Gasteiger partial charge in [-0.15, -0.1) is 0 Å². The molecule has 2 amide bonds. The lowest BCUT2D eigenvalue weighted by Crippen LogP contribution is -2.43. The van der Waals surface area contributed by atoms with Gasteiger partial charge in [0.2, 0.25) is 5.91 Å². The van der Waals surface area contributed by atoms with Crippen LogP contribution in [0, 0.1) is 18.7 Å². The van der Waals surface area contributed by atoms with Crippen LogP contribution in [0.2, 0.25) is 0 Å². The summed E-state index contributed by atoms with van der Waals surface area (Å²) in [6, 6.07) is 12.0. The van der Waals surface area contributed by atoms with Crippen molar-refractivity contribution in [2.45, 2.75) is 19.8 Å². The van der Waals surface area contributed by atoms with Gasteiger partial charge in [-0.2, -0.15) is 0 Å². The minimum Gasteiger partial charge on any atom is -0.423 e. The van der Waals surface area contributed by atoms with E-state index in [0.29, 0.717) is 42.8 Å². The van der Waals surface area contributed by atoms with Crippen molar-refractivity contribution in [2.75, 3.05) is 18.4 Å². The Labute approximate surface area is 172 Å². The average Bonchev–Trinajstić information content (AvgIpc) is 2.73. The second-order valence-corrected chi connectivity index (χ2v) is 7.55. The molecule has 0 bridgehead atoms. The van der Waals surface area contributed by atoms with Crippen molar-refractivity contribution in [3.8, 4) is 0 Å². The smallest absolute Gasteiger partial charge is 0.336 e. The highest BCUT2D eigenvalue weighted by Crippen LogP contribution is 2.24. The lowest BCUT2D eigenvalue weighted by molar-refractivity contribution is -0.121. The predicted octanol–water partition coefficient (Wildman–Crippen LogP) is 3.73. The molecule has 0 unspecified atom stereocenters. The minimum absolute atomic E-state index is 0.194. The fourth-order valence-corrected chi connectivity index (χ4v) is 3.80. The Hall–Kier alpha value is -3.48. The van der Waals surface area contributed by atoms with Gasteiger partial charge in [-0.25, -0.2) is 9.18 Å². The van der Waals surface area contributed by atoms with E-state index in [9.17, 15) is 18.8 Å². The molecule has 1 aliphatic rings. The molecular formula is C23H21FN2O4. The monoisotopic (exact) mass is 408 g/mol. The lowest BCUT2D eigenvalue weighted by Gasteiger charge is -2.32. The van der Waals surface area contributed by atoms with Crippen molar-refractivity contribution in [1.82, 2.24) is 4.90 Å². The second kappa shape index (κ2) is 8.10. The SMILES string of the molecule is Cc1cc(=O)oc2cc(NC(=O)[C@@H]3CCCN(C(=O)c4ccc(F)cc4)C3)ccc12. The zero-order valence-electron chi connectivity index (χ0n) is 16.5. The molecule has 7 heteroatoms. The van der Waals surface area contributed by atoms with Gasteiger partial charge in [-0.3, -0.25) is 9.59 Å². The van der Waals surface area contributed by atoms with E-state index in [2.05, 4.69) is 5.32 Å². The summed E-state index contributed by atoms with van der Waals surface area (Å²) in [4.78, 5) is 38.7. The first-order valence-corrected chi connectivity index (χ1v) is 9.81. The number of fused-ring (bicyclic) bond motifs is 1. The maximum Gasteiger partial charge on any atom is 0.336 e. The van der Waals surface area contributed by atoms with Gasteiger partial charge in [-0.05, 0) is 61.7 Å². The first kappa shape index (κ1) is 19.8. The number of piperidine rings is 1. The quantitative estimate of drug-likeness (QED) is 0.670. The molecule has 0 saturated carbocycles. The lowest BCUT2D eigenvalue weighted by atomic mass is 9.96. The van der Waals surface area contributed by atoms with Crippen molar-refractivity contribution >= 4 is 28.5 Å². The van der Waals surface area contributed by atoms with E-state index in [-0.39, 0.29) is 17.7 Å². The third-order valence-corrected chi connectivity index (χ3v) is 5.39. The highest BCUT2D eigenvalue weighted by Gasteiger charge is 2.29. The summed E-state index contributed by atoms with van der Waals surface area (Å²) >= 11 is 0. The molecule has 1 atom stereocenters. The van der Waals surface area contributed by atoms with Crippen LogP contribution in [0.3, 0.4) is 0 Å². The van der Waals surface area contributed by atoms with Crippen molar-refractivity contribution in [1.29, 1.82) is 0 Å². The van der Waals surface area contributed by atoms with Gasteiger partial charge in [0.15, 0.2) is 0 Å². The molecule has 1 aliphatic heterocycles. The van der Waals surface area contributed by atoms with E-state index in [1.54, 1.807) is 23.1 Å². The predicted molar refractivity (Wildman–Crippen MR) is 111 cm³/mol. The molecule has 2 aromatic carbocycles. The third-order valence-electron chi connectivity index (χ3n) is 5.39. The van der Waals surface area contributed by atoms with Crippen LogP contribution in [0.1, 0.15) is 28.8 Å². The van der Waals surface area contributed by atoms with Gasteiger partial charge in [0.05, 0.1) is 5.92 Å². The number of nitrogens with one attached hydrogen (secondary N) is 1. The van der Waals surface area contributed by atoms with Gasteiger partial charge in [-0.1, -0.05) is 0 Å². The maximum absolute atomic E-state index is 13.1. The first-order chi connectivity index (χ1) is 14.4. The number of aryl methyl sites for hydroxylation is 1. The number of hydrogen-bond donors (Lipinski definition) is 1. The van der Waals surface area contributed by atoms with Crippen LogP contribution in [-0.4, -0.2) is 29.8 Å². The summed E-state index contributed by atoms with van der Waals surface area (Å²) in [7, 11) is 0. The molecule has 0 aliphatic carbocycles. The van der Waals surface area contributed by atoms with Crippen molar-refractivity contribution in [3.63, 3.8) is 0 Å². The number of rotatable bonds is 3. The van der Waals surface area contributed by atoms with Crippen molar-refractivity contribution in [3.05, 3.63) is 75.9 Å². The Kier molecular flexibility index (Phi) is 5.35. The molecule has 1 N–H and O–H groups in total. The van der Waals surface area contributed by atoms with Gasteiger partial charge < -0.3 is 14.6 Å². The highest BCUT2D eigenvalue weighted by atomic mass is 19.1. The van der Waals surface area contributed by atoms with E-state index in [0.717, 1.165) is 10.9 Å². The summed E-state index contributed by atoms with van der Waals surface area (Å²) in [6.45, 7) is 2.68. The molecule has 1 saturated heterocycles. The van der Waals surface area contributed by atoms with Crippen LogP contribution in [0.25, 0.3) is 11.0 Å².